The van der Waals surface area contributed by atoms with Crippen molar-refractivity contribution in [2.75, 3.05) is 18.4 Å². The average molecular weight is 246 g/mol. The molecular formula is C13H18N4O. The molecule has 0 saturated carbocycles. The molecule has 5 heteroatoms. The molecule has 0 saturated heterocycles. The summed E-state index contributed by atoms with van der Waals surface area (Å²) in [6.07, 6.45) is 0.614. The lowest BCUT2D eigenvalue weighted by Gasteiger charge is -2.11. The Morgan fingerprint density at radius 3 is 2.78 bits per heavy atom. The van der Waals surface area contributed by atoms with E-state index in [4.69, 9.17) is 10.2 Å². The summed E-state index contributed by atoms with van der Waals surface area (Å²) in [5.74, 6) is 0.962. The van der Waals surface area contributed by atoms with Gasteiger partial charge in [-0.1, -0.05) is 42.4 Å². The number of rotatable bonds is 6. The Balaban J connectivity index is 1.87. The van der Waals surface area contributed by atoms with Gasteiger partial charge in [0.05, 0.1) is 0 Å². The maximum atomic E-state index is 5.42. The summed E-state index contributed by atoms with van der Waals surface area (Å²) in [6.45, 7) is 3.43. The number of aromatic nitrogens is 2. The van der Waals surface area contributed by atoms with Crippen LogP contribution in [0.4, 0.5) is 6.01 Å². The van der Waals surface area contributed by atoms with Crippen LogP contribution in [-0.2, 0) is 6.42 Å². The van der Waals surface area contributed by atoms with Gasteiger partial charge in [0.25, 0.3) is 0 Å². The summed E-state index contributed by atoms with van der Waals surface area (Å²) in [5, 5.41) is 11.0. The molecule has 2 rings (SSSR count). The van der Waals surface area contributed by atoms with E-state index in [9.17, 15) is 0 Å². The van der Waals surface area contributed by atoms with E-state index in [2.05, 4.69) is 34.6 Å². The molecule has 0 aliphatic rings. The summed E-state index contributed by atoms with van der Waals surface area (Å²) in [4.78, 5) is 0. The monoisotopic (exact) mass is 246 g/mol. The largest absolute Gasteiger partial charge is 0.408 e. The van der Waals surface area contributed by atoms with Crippen LogP contribution in [0.2, 0.25) is 0 Å². The van der Waals surface area contributed by atoms with Gasteiger partial charge in [0, 0.05) is 19.5 Å². The highest BCUT2D eigenvalue weighted by Crippen LogP contribution is 2.15. The third kappa shape index (κ3) is 3.30. The molecule has 1 heterocycles. The Hall–Kier alpha value is -1.88. The van der Waals surface area contributed by atoms with Gasteiger partial charge < -0.3 is 15.5 Å². The van der Waals surface area contributed by atoms with E-state index in [1.165, 1.54) is 5.56 Å². The highest BCUT2D eigenvalue weighted by molar-refractivity contribution is 5.23. The zero-order chi connectivity index (χ0) is 12.8. The van der Waals surface area contributed by atoms with Crippen LogP contribution in [0, 0.1) is 0 Å². The third-order valence-corrected chi connectivity index (χ3v) is 2.75. The molecule has 5 nitrogen and oxygen atoms in total. The minimum atomic E-state index is 0.385. The second-order valence-electron chi connectivity index (χ2n) is 4.23. The zero-order valence-electron chi connectivity index (χ0n) is 10.5. The molecule has 0 amide bonds. The van der Waals surface area contributed by atoms with E-state index >= 15 is 0 Å². The van der Waals surface area contributed by atoms with E-state index < -0.39 is 0 Å². The standard InChI is InChI=1S/C13H18N4O/c1-10(11-5-3-2-4-6-11)9-15-13-17-16-12(18-13)7-8-14/h2-6,10H,7-9,14H2,1H3,(H,15,17). The first-order valence-electron chi connectivity index (χ1n) is 6.11. The first kappa shape index (κ1) is 12.6. The van der Waals surface area contributed by atoms with Crippen LogP contribution >= 0.6 is 0 Å². The van der Waals surface area contributed by atoms with Crippen LogP contribution in [0.15, 0.2) is 34.7 Å². The molecule has 1 aromatic heterocycles. The van der Waals surface area contributed by atoms with Crippen LogP contribution in [0.1, 0.15) is 24.3 Å². The van der Waals surface area contributed by atoms with E-state index in [1.54, 1.807) is 0 Å². The molecule has 0 aliphatic carbocycles. The molecule has 3 N–H and O–H groups in total. The number of hydrogen-bond donors (Lipinski definition) is 2. The van der Waals surface area contributed by atoms with Gasteiger partial charge in [-0.2, -0.15) is 0 Å². The molecule has 2 aromatic rings. The highest BCUT2D eigenvalue weighted by Gasteiger charge is 2.08. The van der Waals surface area contributed by atoms with Crippen LogP contribution in [0.3, 0.4) is 0 Å². The Kier molecular flexibility index (Phi) is 4.30. The minimum absolute atomic E-state index is 0.385. The highest BCUT2D eigenvalue weighted by atomic mass is 16.4. The Labute approximate surface area is 106 Å². The number of nitrogens with two attached hydrogens (primary N) is 1. The molecule has 0 aliphatic heterocycles. The fraction of sp³-hybridized carbons (Fsp3) is 0.385. The topological polar surface area (TPSA) is 77.0 Å². The fourth-order valence-electron chi connectivity index (χ4n) is 1.69. The number of anilines is 1. The second kappa shape index (κ2) is 6.16. The second-order valence-corrected chi connectivity index (χ2v) is 4.23. The van der Waals surface area contributed by atoms with Crippen molar-refractivity contribution < 1.29 is 4.42 Å². The van der Waals surface area contributed by atoms with Gasteiger partial charge in [-0.15, -0.1) is 5.10 Å². The van der Waals surface area contributed by atoms with Gasteiger partial charge in [-0.3, -0.25) is 0 Å². The summed E-state index contributed by atoms with van der Waals surface area (Å²) < 4.78 is 5.40. The third-order valence-electron chi connectivity index (χ3n) is 2.75. The van der Waals surface area contributed by atoms with Crippen molar-refractivity contribution in [2.45, 2.75) is 19.3 Å². The van der Waals surface area contributed by atoms with Gasteiger partial charge in [-0.05, 0) is 11.5 Å². The summed E-state index contributed by atoms with van der Waals surface area (Å²) in [5.41, 5.74) is 6.70. The molecular weight excluding hydrogens is 228 g/mol. The van der Waals surface area contributed by atoms with E-state index in [0.717, 1.165) is 6.54 Å². The number of nitrogens with zero attached hydrogens (tertiary/aromatic N) is 2. The minimum Gasteiger partial charge on any atom is -0.408 e. The molecule has 0 radical (unpaired) electrons. The number of hydrogen-bond acceptors (Lipinski definition) is 5. The number of benzene rings is 1. The van der Waals surface area contributed by atoms with E-state index in [1.807, 2.05) is 18.2 Å². The van der Waals surface area contributed by atoms with Crippen LogP contribution < -0.4 is 11.1 Å². The van der Waals surface area contributed by atoms with Crippen molar-refractivity contribution in [2.24, 2.45) is 5.73 Å². The molecule has 0 spiro atoms. The molecule has 1 unspecified atom stereocenters. The summed E-state index contributed by atoms with van der Waals surface area (Å²) in [7, 11) is 0. The van der Waals surface area contributed by atoms with Crippen LogP contribution in [0.25, 0.3) is 0 Å². The first-order chi connectivity index (χ1) is 8.79. The van der Waals surface area contributed by atoms with Crippen molar-refractivity contribution in [1.82, 2.24) is 10.2 Å². The average Bonchev–Trinajstić information content (AvgIpc) is 2.85. The predicted octanol–water partition coefficient (Wildman–Crippen LogP) is 1.79. The van der Waals surface area contributed by atoms with Crippen molar-refractivity contribution >= 4 is 6.01 Å². The lowest BCUT2D eigenvalue weighted by Crippen LogP contribution is -2.09. The Bertz CT molecular complexity index is 469. The fourth-order valence-corrected chi connectivity index (χ4v) is 1.69. The van der Waals surface area contributed by atoms with Gasteiger partial charge >= 0.3 is 6.01 Å². The van der Waals surface area contributed by atoms with Gasteiger partial charge in [-0.25, -0.2) is 0 Å². The van der Waals surface area contributed by atoms with E-state index in [-0.39, 0.29) is 0 Å². The molecule has 0 bridgehead atoms. The molecule has 96 valence electrons. The maximum absolute atomic E-state index is 5.42. The molecule has 1 aromatic carbocycles. The zero-order valence-corrected chi connectivity index (χ0v) is 10.5. The molecule has 0 fully saturated rings. The predicted molar refractivity (Wildman–Crippen MR) is 70.4 cm³/mol. The SMILES string of the molecule is CC(CNc1nnc(CCN)o1)c1ccccc1. The summed E-state index contributed by atoms with van der Waals surface area (Å²) in [6, 6.07) is 10.8. The quantitative estimate of drug-likeness (QED) is 0.812. The van der Waals surface area contributed by atoms with Gasteiger partial charge in [0.15, 0.2) is 0 Å². The lowest BCUT2D eigenvalue weighted by molar-refractivity contribution is 0.504. The van der Waals surface area contributed by atoms with Crippen LogP contribution in [0.5, 0.6) is 0 Å². The Morgan fingerprint density at radius 1 is 1.28 bits per heavy atom. The van der Waals surface area contributed by atoms with Gasteiger partial charge in [0.2, 0.25) is 5.89 Å². The van der Waals surface area contributed by atoms with E-state index in [0.29, 0.717) is 30.8 Å². The lowest BCUT2D eigenvalue weighted by atomic mass is 10.0. The smallest absolute Gasteiger partial charge is 0.315 e. The number of nitrogens with one attached hydrogen (secondary N) is 1. The molecule has 18 heavy (non-hydrogen) atoms. The normalized spacial score (nSPS) is 12.3. The summed E-state index contributed by atoms with van der Waals surface area (Å²) >= 11 is 0. The Morgan fingerprint density at radius 2 is 2.06 bits per heavy atom. The molecule has 1 atom stereocenters. The van der Waals surface area contributed by atoms with Crippen molar-refractivity contribution in [3.05, 3.63) is 41.8 Å². The maximum Gasteiger partial charge on any atom is 0.315 e. The van der Waals surface area contributed by atoms with Crippen molar-refractivity contribution in [1.29, 1.82) is 0 Å². The van der Waals surface area contributed by atoms with Crippen molar-refractivity contribution in [3.63, 3.8) is 0 Å². The first-order valence-corrected chi connectivity index (χ1v) is 6.11. The van der Waals surface area contributed by atoms with Crippen LogP contribution in [-0.4, -0.2) is 23.3 Å². The van der Waals surface area contributed by atoms with Gasteiger partial charge in [0.1, 0.15) is 0 Å². The van der Waals surface area contributed by atoms with Crippen molar-refractivity contribution in [3.8, 4) is 0 Å².